The van der Waals surface area contributed by atoms with Gasteiger partial charge in [0.05, 0.1) is 26.2 Å². The van der Waals surface area contributed by atoms with Crippen molar-refractivity contribution in [2.45, 2.75) is 37.0 Å². The van der Waals surface area contributed by atoms with E-state index in [-0.39, 0.29) is 29.0 Å². The quantitative estimate of drug-likeness (QED) is 0.541. The molecule has 1 saturated heterocycles. The van der Waals surface area contributed by atoms with E-state index in [1.165, 1.54) is 0 Å². The molecule has 2 aliphatic rings. The Balaban J connectivity index is 1.29. The number of fused-ring (bicyclic) bond motifs is 1. The first kappa shape index (κ1) is 25.0. The Labute approximate surface area is 210 Å². The van der Waals surface area contributed by atoms with Crippen molar-refractivity contribution >= 4 is 29.7 Å². The summed E-state index contributed by atoms with van der Waals surface area (Å²) in [5.41, 5.74) is 2.00. The highest BCUT2D eigenvalue weighted by Gasteiger charge is 2.39. The maximum absolute atomic E-state index is 12.8. The Hall–Kier alpha value is -3.13. The number of methoxy groups -OCH3 is 3. The van der Waals surface area contributed by atoms with Crippen molar-refractivity contribution < 1.29 is 23.8 Å². The van der Waals surface area contributed by atoms with E-state index in [2.05, 4.69) is 10.6 Å². The molecule has 2 fully saturated rings. The number of nitrogens with one attached hydrogen (secondary N) is 2. The van der Waals surface area contributed by atoms with Crippen molar-refractivity contribution in [1.82, 2.24) is 10.6 Å². The molecule has 4 rings (SSSR count). The van der Waals surface area contributed by atoms with Gasteiger partial charge in [0, 0.05) is 23.8 Å². The minimum Gasteiger partial charge on any atom is -0.497 e. The van der Waals surface area contributed by atoms with Crippen LogP contribution in [-0.4, -0.2) is 51.0 Å². The van der Waals surface area contributed by atoms with Gasteiger partial charge in [-0.05, 0) is 67.2 Å². The van der Waals surface area contributed by atoms with Crippen LogP contribution in [0.1, 0.15) is 30.4 Å². The minimum absolute atomic E-state index is 0.00492. The van der Waals surface area contributed by atoms with Crippen LogP contribution in [0, 0.1) is 5.92 Å². The highest BCUT2D eigenvalue weighted by Crippen LogP contribution is 2.40. The Morgan fingerprint density at radius 1 is 1.09 bits per heavy atom. The van der Waals surface area contributed by atoms with Crippen LogP contribution in [0.25, 0.3) is 6.08 Å². The Kier molecular flexibility index (Phi) is 8.23. The van der Waals surface area contributed by atoms with Crippen LogP contribution in [-0.2, 0) is 16.0 Å². The van der Waals surface area contributed by atoms with E-state index < -0.39 is 0 Å². The molecule has 2 N–H and O–H groups in total. The summed E-state index contributed by atoms with van der Waals surface area (Å²) in [5.74, 6) is 2.02. The van der Waals surface area contributed by atoms with Crippen LogP contribution in [0.15, 0.2) is 47.4 Å². The van der Waals surface area contributed by atoms with Crippen LogP contribution in [0.3, 0.4) is 0 Å². The third-order valence-electron chi connectivity index (χ3n) is 6.53. The fourth-order valence-electron chi connectivity index (χ4n) is 4.62. The normalized spacial score (nSPS) is 22.7. The van der Waals surface area contributed by atoms with E-state index in [9.17, 15) is 9.59 Å². The van der Waals surface area contributed by atoms with Crippen LogP contribution in [0.4, 0.5) is 0 Å². The second kappa shape index (κ2) is 11.5. The lowest BCUT2D eigenvalue weighted by atomic mass is 9.84. The van der Waals surface area contributed by atoms with E-state index in [0.29, 0.717) is 35.8 Å². The third kappa shape index (κ3) is 6.11. The molecule has 1 saturated carbocycles. The zero-order valence-corrected chi connectivity index (χ0v) is 21.2. The summed E-state index contributed by atoms with van der Waals surface area (Å²) in [4.78, 5) is 26.3. The third-order valence-corrected chi connectivity index (χ3v) is 7.95. The monoisotopic (exact) mass is 496 g/mol. The predicted molar refractivity (Wildman–Crippen MR) is 138 cm³/mol. The SMILES string of the molecule is COc1cccc(/C=C2/SC3CCC(C(=O)NCCc4ccc(OC)c(OC)c4)CC3NC2=O)c1. The lowest BCUT2D eigenvalue weighted by Crippen LogP contribution is -2.51. The van der Waals surface area contributed by atoms with Gasteiger partial charge >= 0.3 is 0 Å². The van der Waals surface area contributed by atoms with Crippen molar-refractivity contribution in [3.8, 4) is 17.2 Å². The standard InChI is InChI=1S/C27H32N2O5S/c1-32-20-6-4-5-18(13-20)15-25-27(31)29-21-16-19(8-10-24(21)35-25)26(30)28-12-11-17-7-9-22(33-2)23(14-17)34-3/h4-7,9,13-15,19,21,24H,8,10-12,16H2,1-3H3,(H,28,30)(H,29,31)/b25-15+. The van der Waals surface area contributed by atoms with E-state index in [4.69, 9.17) is 14.2 Å². The van der Waals surface area contributed by atoms with Crippen LogP contribution >= 0.6 is 11.8 Å². The summed E-state index contributed by atoms with van der Waals surface area (Å²) in [5, 5.41) is 6.49. The maximum atomic E-state index is 12.8. The van der Waals surface area contributed by atoms with Crippen molar-refractivity contribution in [2.75, 3.05) is 27.9 Å². The molecule has 0 spiro atoms. The van der Waals surface area contributed by atoms with Crippen molar-refractivity contribution in [3.05, 3.63) is 58.5 Å². The molecule has 1 aliphatic carbocycles. The lowest BCUT2D eigenvalue weighted by Gasteiger charge is -2.39. The fourth-order valence-corrected chi connectivity index (χ4v) is 5.92. The molecule has 3 unspecified atom stereocenters. The first-order chi connectivity index (χ1) is 17.0. The number of thioether (sulfide) groups is 1. The number of carbonyl (C=O) groups is 2. The highest BCUT2D eigenvalue weighted by atomic mass is 32.2. The van der Waals surface area contributed by atoms with E-state index >= 15 is 0 Å². The van der Waals surface area contributed by atoms with Crippen molar-refractivity contribution in [1.29, 1.82) is 0 Å². The lowest BCUT2D eigenvalue weighted by molar-refractivity contribution is -0.127. The van der Waals surface area contributed by atoms with Gasteiger partial charge in [-0.15, -0.1) is 11.8 Å². The van der Waals surface area contributed by atoms with Gasteiger partial charge in [-0.2, -0.15) is 0 Å². The summed E-state index contributed by atoms with van der Waals surface area (Å²) >= 11 is 1.62. The second-order valence-corrected chi connectivity index (χ2v) is 10.0. The molecular weight excluding hydrogens is 464 g/mol. The van der Waals surface area contributed by atoms with Gasteiger partial charge in [-0.25, -0.2) is 0 Å². The molecule has 7 nitrogen and oxygen atoms in total. The summed E-state index contributed by atoms with van der Waals surface area (Å²) in [6.07, 6.45) is 4.98. The molecule has 0 aromatic heterocycles. The summed E-state index contributed by atoms with van der Waals surface area (Å²) < 4.78 is 15.9. The summed E-state index contributed by atoms with van der Waals surface area (Å²) in [6, 6.07) is 13.4. The summed E-state index contributed by atoms with van der Waals surface area (Å²) in [7, 11) is 4.85. The molecule has 2 amide bonds. The van der Waals surface area contributed by atoms with E-state index in [1.807, 2.05) is 48.5 Å². The number of rotatable bonds is 8. The molecule has 0 radical (unpaired) electrons. The Bertz CT molecular complexity index is 1100. The molecule has 2 aromatic rings. The average molecular weight is 497 g/mol. The van der Waals surface area contributed by atoms with E-state index in [0.717, 1.165) is 29.7 Å². The fraction of sp³-hybridized carbons (Fsp3) is 0.407. The van der Waals surface area contributed by atoms with Crippen LogP contribution < -0.4 is 24.8 Å². The van der Waals surface area contributed by atoms with Crippen molar-refractivity contribution in [3.63, 3.8) is 0 Å². The predicted octanol–water partition coefficient (Wildman–Crippen LogP) is 3.81. The molecule has 8 heteroatoms. The average Bonchev–Trinajstić information content (AvgIpc) is 2.88. The summed E-state index contributed by atoms with van der Waals surface area (Å²) in [6.45, 7) is 0.549. The number of benzene rings is 2. The second-order valence-electron chi connectivity index (χ2n) is 8.76. The maximum Gasteiger partial charge on any atom is 0.257 e. The van der Waals surface area contributed by atoms with Crippen LogP contribution in [0.2, 0.25) is 0 Å². The number of hydrogen-bond acceptors (Lipinski definition) is 6. The number of carbonyl (C=O) groups excluding carboxylic acids is 2. The van der Waals surface area contributed by atoms with Gasteiger partial charge in [0.2, 0.25) is 5.91 Å². The minimum atomic E-state index is -0.0912. The number of hydrogen-bond donors (Lipinski definition) is 2. The Morgan fingerprint density at radius 2 is 1.91 bits per heavy atom. The van der Waals surface area contributed by atoms with Gasteiger partial charge in [0.15, 0.2) is 11.5 Å². The highest BCUT2D eigenvalue weighted by molar-refractivity contribution is 8.04. The smallest absolute Gasteiger partial charge is 0.257 e. The molecule has 186 valence electrons. The number of ether oxygens (including phenoxy) is 3. The molecule has 1 aliphatic heterocycles. The molecule has 2 aromatic carbocycles. The largest absolute Gasteiger partial charge is 0.497 e. The molecule has 0 bridgehead atoms. The van der Waals surface area contributed by atoms with Crippen LogP contribution in [0.5, 0.6) is 17.2 Å². The van der Waals surface area contributed by atoms with Gasteiger partial charge in [0.1, 0.15) is 5.75 Å². The molecular formula is C27H32N2O5S. The van der Waals surface area contributed by atoms with Gasteiger partial charge < -0.3 is 24.8 Å². The molecule has 1 heterocycles. The first-order valence-corrected chi connectivity index (χ1v) is 12.7. The molecule has 35 heavy (non-hydrogen) atoms. The number of amides is 2. The topological polar surface area (TPSA) is 85.9 Å². The molecule has 3 atom stereocenters. The van der Waals surface area contributed by atoms with Crippen molar-refractivity contribution in [2.24, 2.45) is 5.92 Å². The zero-order chi connectivity index (χ0) is 24.8. The zero-order valence-electron chi connectivity index (χ0n) is 20.3. The first-order valence-electron chi connectivity index (χ1n) is 11.8. The van der Waals surface area contributed by atoms with Gasteiger partial charge in [-0.3, -0.25) is 9.59 Å². The van der Waals surface area contributed by atoms with Gasteiger partial charge in [-0.1, -0.05) is 18.2 Å². The van der Waals surface area contributed by atoms with Gasteiger partial charge in [0.25, 0.3) is 5.91 Å². The van der Waals surface area contributed by atoms with E-state index in [1.54, 1.807) is 33.1 Å². The Morgan fingerprint density at radius 3 is 2.69 bits per heavy atom.